The number of alkyl halides is 6. The zero-order valence-electron chi connectivity index (χ0n) is 33.3. The fraction of sp³-hybridized carbons (Fsp3) is 0.0377. The van der Waals surface area contributed by atoms with E-state index in [4.69, 9.17) is 15.0 Å². The van der Waals surface area contributed by atoms with Crippen LogP contribution in [0.4, 0.5) is 26.3 Å². The summed E-state index contributed by atoms with van der Waals surface area (Å²) in [6.45, 7) is 0. The molecule has 0 saturated carbocycles. The van der Waals surface area contributed by atoms with Crippen LogP contribution in [0.15, 0.2) is 182 Å². The second-order valence-corrected chi connectivity index (χ2v) is 16.5. The van der Waals surface area contributed by atoms with E-state index in [1.54, 1.807) is 23.5 Å². The van der Waals surface area contributed by atoms with Crippen LogP contribution in [0.2, 0.25) is 0 Å². The fourth-order valence-electron chi connectivity index (χ4n) is 8.53. The van der Waals surface area contributed by atoms with Crippen molar-refractivity contribution in [2.75, 3.05) is 0 Å². The van der Waals surface area contributed by atoms with E-state index in [0.717, 1.165) is 54.7 Å². The van der Waals surface area contributed by atoms with E-state index in [0.29, 0.717) is 40.3 Å². The van der Waals surface area contributed by atoms with Crippen LogP contribution in [0.5, 0.6) is 0 Å². The van der Waals surface area contributed by atoms with Crippen molar-refractivity contribution >= 4 is 53.3 Å². The molecule has 3 heterocycles. The number of hydrogen-bond donors (Lipinski definition) is 0. The van der Waals surface area contributed by atoms with Gasteiger partial charge in [0, 0.05) is 47.6 Å². The highest BCUT2D eigenvalue weighted by Crippen LogP contribution is 2.44. The first-order valence-electron chi connectivity index (χ1n) is 20.2. The third kappa shape index (κ3) is 6.85. The molecule has 4 nitrogen and oxygen atoms in total. The van der Waals surface area contributed by atoms with E-state index >= 15 is 0 Å². The molecule has 0 bridgehead atoms. The summed E-state index contributed by atoms with van der Waals surface area (Å²) in [5, 5.41) is 3.89. The van der Waals surface area contributed by atoms with Crippen molar-refractivity contribution in [2.45, 2.75) is 12.4 Å². The van der Waals surface area contributed by atoms with E-state index in [2.05, 4.69) is 30.3 Å². The second kappa shape index (κ2) is 15.0. The lowest BCUT2D eigenvalue weighted by Crippen LogP contribution is -2.12. The molecule has 0 atom stereocenters. The van der Waals surface area contributed by atoms with Crippen LogP contribution in [-0.4, -0.2) is 19.5 Å². The summed E-state index contributed by atoms with van der Waals surface area (Å²) < 4.78 is 89.3. The molecule has 310 valence electrons. The average Bonchev–Trinajstić information content (AvgIpc) is 3.86. The third-order valence-electron chi connectivity index (χ3n) is 11.5. The van der Waals surface area contributed by atoms with Gasteiger partial charge in [-0.3, -0.25) is 0 Å². The molecule has 0 amide bonds. The lowest BCUT2D eigenvalue weighted by atomic mass is 9.96. The van der Waals surface area contributed by atoms with Crippen molar-refractivity contribution in [3.8, 4) is 62.1 Å². The van der Waals surface area contributed by atoms with Gasteiger partial charge in [-0.2, -0.15) is 26.3 Å². The van der Waals surface area contributed by atoms with Gasteiger partial charge in [0.05, 0.1) is 27.8 Å². The number of aromatic nitrogens is 4. The van der Waals surface area contributed by atoms with Gasteiger partial charge >= 0.3 is 12.4 Å². The van der Waals surface area contributed by atoms with Gasteiger partial charge in [0.15, 0.2) is 17.5 Å². The topological polar surface area (TPSA) is 43.6 Å². The quantitative estimate of drug-likeness (QED) is 0.156. The van der Waals surface area contributed by atoms with E-state index in [1.165, 1.54) is 16.2 Å². The van der Waals surface area contributed by atoms with E-state index in [1.807, 2.05) is 120 Å². The summed E-state index contributed by atoms with van der Waals surface area (Å²) in [6, 6.07) is 54.1. The van der Waals surface area contributed by atoms with Crippen molar-refractivity contribution in [3.63, 3.8) is 0 Å². The normalized spacial score (nSPS) is 12.2. The van der Waals surface area contributed by atoms with Crippen LogP contribution in [0.1, 0.15) is 11.1 Å². The number of halogens is 6. The summed E-state index contributed by atoms with van der Waals surface area (Å²) in [7, 11) is 0. The SMILES string of the molecule is FC(F)(F)c1ccc(-c2ccc3c4ccccc4n(-c4ccc(-c5ccc6c(c5)sc5ccccc56)cc4-c4nc(-c5ccccc5)nc(-c5ccccc5)n4)c3c2)c(C(F)(F)F)c1. The molecule has 0 unspecified atom stereocenters. The van der Waals surface area contributed by atoms with Gasteiger partial charge in [0.1, 0.15) is 0 Å². The molecule has 0 radical (unpaired) electrons. The first-order valence-corrected chi connectivity index (χ1v) is 21.0. The monoisotopic (exact) mass is 868 g/mol. The van der Waals surface area contributed by atoms with E-state index in [-0.39, 0.29) is 17.2 Å². The third-order valence-corrected chi connectivity index (χ3v) is 12.7. The van der Waals surface area contributed by atoms with E-state index < -0.39 is 23.5 Å². The summed E-state index contributed by atoms with van der Waals surface area (Å²) in [4.78, 5) is 15.2. The Hall–Kier alpha value is -7.63. The van der Waals surface area contributed by atoms with Gasteiger partial charge in [0.25, 0.3) is 0 Å². The zero-order valence-corrected chi connectivity index (χ0v) is 34.1. The number of hydrogen-bond acceptors (Lipinski definition) is 4. The van der Waals surface area contributed by atoms with Gasteiger partial charge in [-0.1, -0.05) is 133 Å². The Kier molecular flexibility index (Phi) is 9.21. The minimum atomic E-state index is -5.06. The highest BCUT2D eigenvalue weighted by molar-refractivity contribution is 7.25. The highest BCUT2D eigenvalue weighted by atomic mass is 32.1. The predicted octanol–water partition coefficient (Wildman–Crippen LogP) is 15.7. The van der Waals surface area contributed by atoms with Crippen LogP contribution in [0.3, 0.4) is 0 Å². The van der Waals surface area contributed by atoms with Crippen molar-refractivity contribution < 1.29 is 26.3 Å². The Balaban J connectivity index is 1.19. The molecule has 0 fully saturated rings. The Morgan fingerprint density at radius 3 is 1.64 bits per heavy atom. The number of thiophene rings is 1. The maximum atomic E-state index is 14.6. The summed E-state index contributed by atoms with van der Waals surface area (Å²) in [6.07, 6.45) is -10.0. The summed E-state index contributed by atoms with van der Waals surface area (Å²) in [5.74, 6) is 1.25. The molecule has 0 spiro atoms. The van der Waals surface area contributed by atoms with Crippen LogP contribution >= 0.6 is 11.3 Å². The molecule has 64 heavy (non-hydrogen) atoms. The number of benzene rings is 8. The average molecular weight is 869 g/mol. The number of nitrogens with zero attached hydrogens (tertiary/aromatic N) is 4. The van der Waals surface area contributed by atoms with Gasteiger partial charge in [-0.05, 0) is 70.8 Å². The van der Waals surface area contributed by atoms with Crippen LogP contribution in [0.25, 0.3) is 104 Å². The van der Waals surface area contributed by atoms with Gasteiger partial charge < -0.3 is 4.57 Å². The first-order chi connectivity index (χ1) is 31.0. The number of rotatable bonds is 6. The number of para-hydroxylation sites is 1. The smallest absolute Gasteiger partial charge is 0.308 e. The summed E-state index contributed by atoms with van der Waals surface area (Å²) in [5.41, 5.74) is 2.88. The molecule has 0 N–H and O–H groups in total. The molecule has 11 aromatic rings. The van der Waals surface area contributed by atoms with Gasteiger partial charge in [-0.15, -0.1) is 11.3 Å². The largest absolute Gasteiger partial charge is 0.417 e. The molecule has 0 saturated heterocycles. The van der Waals surface area contributed by atoms with Crippen molar-refractivity contribution in [1.29, 1.82) is 0 Å². The van der Waals surface area contributed by atoms with E-state index in [9.17, 15) is 26.3 Å². The Morgan fingerprint density at radius 1 is 0.375 bits per heavy atom. The maximum Gasteiger partial charge on any atom is 0.417 e. The minimum Gasteiger partial charge on any atom is -0.308 e. The Morgan fingerprint density at radius 2 is 0.938 bits per heavy atom. The molecule has 8 aromatic carbocycles. The molecular formula is C53H30F6N4S. The molecule has 11 rings (SSSR count). The van der Waals surface area contributed by atoms with Crippen LogP contribution in [0, 0.1) is 0 Å². The highest BCUT2D eigenvalue weighted by Gasteiger charge is 2.38. The molecular weight excluding hydrogens is 839 g/mol. The minimum absolute atomic E-state index is 0.102. The van der Waals surface area contributed by atoms with Gasteiger partial charge in [0.2, 0.25) is 0 Å². The van der Waals surface area contributed by atoms with Crippen LogP contribution in [-0.2, 0) is 12.4 Å². The van der Waals surface area contributed by atoms with Gasteiger partial charge in [-0.25, -0.2) is 15.0 Å². The Bertz CT molecular complexity index is 3540. The standard InChI is InChI=1S/C53H30F6N4S/c54-52(55,56)36-22-25-37(43(30-36)53(57,58)59)35-20-23-39-38-15-7-9-17-44(38)63(46(39)28-35)45-26-21-33(34-19-24-41-40-16-8-10-18-47(40)64-48(41)29-34)27-42(45)51-61-49(31-11-3-1-4-12-31)60-50(62-51)32-13-5-2-6-14-32/h1-30H. The molecule has 0 aliphatic heterocycles. The molecule has 11 heteroatoms. The summed E-state index contributed by atoms with van der Waals surface area (Å²) >= 11 is 1.71. The van der Waals surface area contributed by atoms with Crippen molar-refractivity contribution in [1.82, 2.24) is 19.5 Å². The van der Waals surface area contributed by atoms with Crippen molar-refractivity contribution in [2.24, 2.45) is 0 Å². The Labute approximate surface area is 365 Å². The second-order valence-electron chi connectivity index (χ2n) is 15.4. The molecule has 0 aliphatic carbocycles. The lowest BCUT2D eigenvalue weighted by Gasteiger charge is -2.18. The molecule has 3 aromatic heterocycles. The lowest BCUT2D eigenvalue weighted by molar-refractivity contribution is -0.142. The molecule has 0 aliphatic rings. The van der Waals surface area contributed by atoms with Crippen molar-refractivity contribution in [3.05, 3.63) is 193 Å². The van der Waals surface area contributed by atoms with Crippen LogP contribution < -0.4 is 0 Å². The number of fused-ring (bicyclic) bond motifs is 6. The predicted molar refractivity (Wildman–Crippen MR) is 244 cm³/mol. The zero-order chi connectivity index (χ0) is 43.7. The fourth-order valence-corrected chi connectivity index (χ4v) is 9.67. The first kappa shape index (κ1) is 39.2. The maximum absolute atomic E-state index is 14.6.